The molecule has 0 bridgehead atoms. The second-order valence-corrected chi connectivity index (χ2v) is 6.58. The van der Waals surface area contributed by atoms with Crippen molar-refractivity contribution in [3.8, 4) is 0 Å². The lowest BCUT2D eigenvalue weighted by Gasteiger charge is -2.27. The van der Waals surface area contributed by atoms with Gasteiger partial charge in [0.2, 0.25) is 0 Å². The highest BCUT2D eigenvalue weighted by atomic mass is 16.5. The van der Waals surface area contributed by atoms with Crippen LogP contribution in [-0.4, -0.2) is 45.8 Å². The van der Waals surface area contributed by atoms with Gasteiger partial charge in [-0.2, -0.15) is 5.10 Å². The number of nitrogens with one attached hydrogen (secondary N) is 2. The average molecular weight is 425 g/mol. The summed E-state index contributed by atoms with van der Waals surface area (Å²) in [5.74, 6) is -1.02. The van der Waals surface area contributed by atoms with Crippen molar-refractivity contribution >= 4 is 23.6 Å². The Morgan fingerprint density at radius 3 is 2.84 bits per heavy atom. The first-order valence-corrected chi connectivity index (χ1v) is 9.47. The van der Waals surface area contributed by atoms with E-state index in [1.807, 2.05) is 0 Å². The molecule has 11 heteroatoms. The largest absolute Gasteiger partial charge is 0.467 e. The normalized spacial score (nSPS) is 16.1. The minimum Gasteiger partial charge on any atom is -0.467 e. The van der Waals surface area contributed by atoms with Crippen LogP contribution in [0.2, 0.25) is 0 Å². The summed E-state index contributed by atoms with van der Waals surface area (Å²) in [5, 5.41) is 9.37. The molecule has 3 aromatic heterocycles. The third kappa shape index (κ3) is 3.84. The molecule has 0 saturated carbocycles. The first-order chi connectivity index (χ1) is 15.0. The molecule has 11 nitrogen and oxygen atoms in total. The molecule has 2 N–H and O–H groups in total. The van der Waals surface area contributed by atoms with Gasteiger partial charge in [-0.3, -0.25) is 0 Å². The van der Waals surface area contributed by atoms with Gasteiger partial charge in [0.25, 0.3) is 0 Å². The number of hydrogen-bond acceptors (Lipinski definition) is 8. The summed E-state index contributed by atoms with van der Waals surface area (Å²) in [6.45, 7) is 3.08. The number of urea groups is 1. The third-order valence-electron chi connectivity index (χ3n) is 4.60. The number of furan rings is 1. The molecule has 0 fully saturated rings. The minimum atomic E-state index is -0.892. The van der Waals surface area contributed by atoms with Crippen LogP contribution in [0.15, 0.2) is 52.5 Å². The van der Waals surface area contributed by atoms with Crippen molar-refractivity contribution in [1.29, 1.82) is 0 Å². The summed E-state index contributed by atoms with van der Waals surface area (Å²) in [6.07, 6.45) is 4.62. The van der Waals surface area contributed by atoms with Crippen molar-refractivity contribution in [1.82, 2.24) is 25.2 Å². The number of carbonyl (C=O) groups is 3. The van der Waals surface area contributed by atoms with E-state index in [1.54, 1.807) is 38.2 Å². The molecule has 1 aliphatic rings. The Balaban J connectivity index is 1.65. The van der Waals surface area contributed by atoms with Crippen LogP contribution in [0.25, 0.3) is 5.65 Å². The summed E-state index contributed by atoms with van der Waals surface area (Å²) in [7, 11) is 0. The number of hydrogen-bond donors (Lipinski definition) is 2. The zero-order valence-corrected chi connectivity index (χ0v) is 16.7. The van der Waals surface area contributed by atoms with Crippen molar-refractivity contribution in [2.75, 3.05) is 13.2 Å². The summed E-state index contributed by atoms with van der Waals surface area (Å²) in [5.41, 5.74) is 1.15. The molecule has 2 amide bonds. The molecule has 1 aliphatic heterocycles. The highest BCUT2D eigenvalue weighted by Gasteiger charge is 2.36. The van der Waals surface area contributed by atoms with E-state index in [-0.39, 0.29) is 30.0 Å². The number of amides is 2. The Hall–Kier alpha value is -4.15. The lowest BCUT2D eigenvalue weighted by atomic mass is 10.0. The van der Waals surface area contributed by atoms with Gasteiger partial charge in [-0.1, -0.05) is 0 Å². The Labute approximate surface area is 176 Å². The zero-order chi connectivity index (χ0) is 22.0. The topological polar surface area (TPSA) is 137 Å². The molecule has 0 spiro atoms. The summed E-state index contributed by atoms with van der Waals surface area (Å²) < 4.78 is 17.4. The quantitative estimate of drug-likeness (QED) is 0.569. The van der Waals surface area contributed by atoms with E-state index in [0.717, 1.165) is 0 Å². The van der Waals surface area contributed by atoms with Gasteiger partial charge in [0.05, 0.1) is 29.8 Å². The highest BCUT2D eigenvalue weighted by Crippen LogP contribution is 2.28. The predicted molar refractivity (Wildman–Crippen MR) is 105 cm³/mol. The molecule has 160 valence electrons. The fourth-order valence-corrected chi connectivity index (χ4v) is 3.30. The van der Waals surface area contributed by atoms with E-state index in [4.69, 9.17) is 13.9 Å². The third-order valence-corrected chi connectivity index (χ3v) is 4.60. The number of nitrogens with zero attached hydrogens (tertiary/aromatic N) is 3. The van der Waals surface area contributed by atoms with Crippen LogP contribution in [-0.2, 0) is 14.3 Å². The standard InChI is InChI=1S/C20H19N5O6/c1-3-29-19(27)15-12(22-20(28)23-16(15)13-6-4-9-30-13)10-31-18(26)14-11(2)24-25-8-5-7-21-17(14)25/h4-9,16H,3,10H2,1-2H3,(H2,22,23,28). The second-order valence-electron chi connectivity index (χ2n) is 6.58. The van der Waals surface area contributed by atoms with Crippen LogP contribution >= 0.6 is 0 Å². The van der Waals surface area contributed by atoms with E-state index in [0.29, 0.717) is 17.1 Å². The number of ether oxygens (including phenoxy) is 2. The zero-order valence-electron chi connectivity index (χ0n) is 16.7. The molecule has 0 saturated heterocycles. The van der Waals surface area contributed by atoms with Gasteiger partial charge in [0, 0.05) is 12.4 Å². The average Bonchev–Trinajstić information content (AvgIpc) is 3.39. The minimum absolute atomic E-state index is 0.0823. The molecule has 3 aromatic rings. The maximum atomic E-state index is 12.8. The van der Waals surface area contributed by atoms with Gasteiger partial charge < -0.3 is 24.5 Å². The van der Waals surface area contributed by atoms with Crippen LogP contribution in [0.3, 0.4) is 0 Å². The molecular formula is C20H19N5O6. The van der Waals surface area contributed by atoms with Crippen molar-refractivity contribution < 1.29 is 28.3 Å². The lowest BCUT2D eigenvalue weighted by Crippen LogP contribution is -2.47. The first-order valence-electron chi connectivity index (χ1n) is 9.47. The van der Waals surface area contributed by atoms with Gasteiger partial charge in [0.1, 0.15) is 24.0 Å². The smallest absolute Gasteiger partial charge is 0.344 e. The van der Waals surface area contributed by atoms with Crippen LogP contribution in [0.4, 0.5) is 4.79 Å². The van der Waals surface area contributed by atoms with E-state index in [1.165, 1.54) is 17.0 Å². The van der Waals surface area contributed by atoms with Crippen molar-refractivity contribution in [2.45, 2.75) is 19.9 Å². The van der Waals surface area contributed by atoms with E-state index in [2.05, 4.69) is 20.7 Å². The highest BCUT2D eigenvalue weighted by molar-refractivity contribution is 5.98. The van der Waals surface area contributed by atoms with E-state index in [9.17, 15) is 14.4 Å². The molecule has 1 unspecified atom stereocenters. The Bertz CT molecular complexity index is 1180. The first kappa shape index (κ1) is 20.1. The molecule has 1 atom stereocenters. The maximum Gasteiger partial charge on any atom is 0.344 e. The number of fused-ring (bicyclic) bond motifs is 1. The monoisotopic (exact) mass is 425 g/mol. The molecule has 0 aliphatic carbocycles. The number of aryl methyl sites for hydroxylation is 1. The van der Waals surface area contributed by atoms with E-state index >= 15 is 0 Å². The summed E-state index contributed by atoms with van der Waals surface area (Å²) in [4.78, 5) is 41.8. The summed E-state index contributed by atoms with van der Waals surface area (Å²) in [6, 6.07) is 3.47. The predicted octanol–water partition coefficient (Wildman–Crippen LogP) is 1.66. The Morgan fingerprint density at radius 1 is 1.26 bits per heavy atom. The van der Waals surface area contributed by atoms with Gasteiger partial charge in [-0.25, -0.2) is 23.9 Å². The van der Waals surface area contributed by atoms with Crippen molar-refractivity contribution in [3.05, 3.63) is 65.1 Å². The number of esters is 2. The maximum absolute atomic E-state index is 12.8. The fourth-order valence-electron chi connectivity index (χ4n) is 3.30. The molecular weight excluding hydrogens is 406 g/mol. The fraction of sp³-hybridized carbons (Fsp3) is 0.250. The lowest BCUT2D eigenvalue weighted by molar-refractivity contribution is -0.139. The van der Waals surface area contributed by atoms with Gasteiger partial charge in [-0.05, 0) is 32.0 Å². The number of aromatic nitrogens is 3. The SMILES string of the molecule is CCOC(=O)C1=C(COC(=O)c2c(C)nn3cccnc23)NC(=O)NC1c1ccco1. The van der Waals surface area contributed by atoms with Gasteiger partial charge >= 0.3 is 18.0 Å². The van der Waals surface area contributed by atoms with Crippen LogP contribution < -0.4 is 10.6 Å². The molecule has 4 rings (SSSR count). The van der Waals surface area contributed by atoms with E-state index < -0.39 is 24.0 Å². The second kappa shape index (κ2) is 8.30. The Kier molecular flexibility index (Phi) is 5.39. The Morgan fingerprint density at radius 2 is 2.10 bits per heavy atom. The number of carbonyl (C=O) groups excluding carboxylic acids is 3. The summed E-state index contributed by atoms with van der Waals surface area (Å²) >= 11 is 0. The molecule has 0 aromatic carbocycles. The molecule has 31 heavy (non-hydrogen) atoms. The van der Waals surface area contributed by atoms with Gasteiger partial charge in [-0.15, -0.1) is 0 Å². The van der Waals surface area contributed by atoms with Crippen molar-refractivity contribution in [2.24, 2.45) is 0 Å². The van der Waals surface area contributed by atoms with Crippen molar-refractivity contribution in [3.63, 3.8) is 0 Å². The number of rotatable bonds is 6. The molecule has 4 heterocycles. The van der Waals surface area contributed by atoms with Gasteiger partial charge in [0.15, 0.2) is 5.65 Å². The molecule has 0 radical (unpaired) electrons. The van der Waals surface area contributed by atoms with Crippen LogP contribution in [0, 0.1) is 6.92 Å². The van der Waals surface area contributed by atoms with Crippen LogP contribution in [0.1, 0.15) is 34.8 Å². The van der Waals surface area contributed by atoms with Crippen LogP contribution in [0.5, 0.6) is 0 Å².